The number of halogens is 1. The number of nitrogens with one attached hydrogen (secondary N) is 2. The summed E-state index contributed by atoms with van der Waals surface area (Å²) < 4.78 is 41.6. The monoisotopic (exact) mass is 501 g/mol. The molecule has 0 saturated heterocycles. The second-order valence-corrected chi connectivity index (χ2v) is 10.8. The molecule has 2 aromatic carbocycles. The van der Waals surface area contributed by atoms with Crippen molar-refractivity contribution in [1.82, 2.24) is 10.0 Å². The first-order chi connectivity index (χ1) is 16.5. The van der Waals surface area contributed by atoms with E-state index in [9.17, 15) is 22.7 Å². The van der Waals surface area contributed by atoms with Gasteiger partial charge in [-0.2, -0.15) is 0 Å². The molecule has 188 valence electrons. The number of carbonyl (C=O) groups is 1. The molecule has 0 aliphatic heterocycles. The van der Waals surface area contributed by atoms with E-state index < -0.39 is 16.1 Å². The van der Waals surface area contributed by atoms with Crippen LogP contribution in [0.25, 0.3) is 0 Å². The van der Waals surface area contributed by atoms with Crippen LogP contribution in [-0.4, -0.2) is 31.6 Å². The summed E-state index contributed by atoms with van der Waals surface area (Å²) in [4.78, 5) is 12.7. The molecule has 1 aliphatic carbocycles. The predicted molar refractivity (Wildman–Crippen MR) is 133 cm³/mol. The Morgan fingerprint density at radius 1 is 1.14 bits per heavy atom. The highest BCUT2D eigenvalue weighted by atomic mass is 32.2. The van der Waals surface area contributed by atoms with Crippen molar-refractivity contribution in [2.75, 3.05) is 5.73 Å². The number of aliphatic hydroxyl groups is 1. The summed E-state index contributed by atoms with van der Waals surface area (Å²) in [5.74, 6) is 5.04. The molecule has 1 fully saturated rings. The van der Waals surface area contributed by atoms with Crippen LogP contribution in [0.5, 0.6) is 0 Å². The maximum Gasteiger partial charge on any atom is 0.240 e. The molecule has 0 aromatic heterocycles. The Morgan fingerprint density at radius 3 is 2.40 bits per heavy atom. The third-order valence-electron chi connectivity index (χ3n) is 6.10. The lowest BCUT2D eigenvalue weighted by molar-refractivity contribution is -0.126. The van der Waals surface area contributed by atoms with E-state index in [1.54, 1.807) is 25.1 Å². The van der Waals surface area contributed by atoms with Crippen molar-refractivity contribution in [2.45, 2.75) is 69.0 Å². The highest BCUT2D eigenvalue weighted by Crippen LogP contribution is 2.27. The number of carbonyl (C=O) groups excluding carboxylic acids is 1. The third kappa shape index (κ3) is 7.52. The number of benzene rings is 2. The zero-order valence-electron chi connectivity index (χ0n) is 19.9. The van der Waals surface area contributed by atoms with Crippen LogP contribution in [0.3, 0.4) is 0 Å². The summed E-state index contributed by atoms with van der Waals surface area (Å²) in [6, 6.07) is 9.90. The number of aliphatic hydroxyl groups excluding tert-OH is 1. The number of amides is 1. The third-order valence-corrected chi connectivity index (χ3v) is 7.62. The minimum absolute atomic E-state index is 0.0593. The van der Waals surface area contributed by atoms with Gasteiger partial charge in [-0.25, -0.2) is 17.5 Å². The highest BCUT2D eigenvalue weighted by Gasteiger charge is 2.30. The van der Waals surface area contributed by atoms with Crippen LogP contribution in [0, 0.1) is 23.6 Å². The maximum atomic E-state index is 13.1. The zero-order chi connectivity index (χ0) is 25.6. The molecule has 2 aromatic rings. The van der Waals surface area contributed by atoms with Crippen LogP contribution in [0.1, 0.15) is 63.1 Å². The largest absolute Gasteiger partial charge is 0.398 e. The minimum Gasteiger partial charge on any atom is -0.398 e. The summed E-state index contributed by atoms with van der Waals surface area (Å²) in [5, 5.41) is 12.3. The molecule has 5 N–H and O–H groups in total. The van der Waals surface area contributed by atoms with Gasteiger partial charge in [0.1, 0.15) is 5.82 Å². The Morgan fingerprint density at radius 2 is 1.80 bits per heavy atom. The first-order valence-electron chi connectivity index (χ1n) is 11.7. The average molecular weight is 502 g/mol. The van der Waals surface area contributed by atoms with Gasteiger partial charge < -0.3 is 16.2 Å². The van der Waals surface area contributed by atoms with E-state index in [0.717, 1.165) is 5.56 Å². The maximum absolute atomic E-state index is 13.1. The quantitative estimate of drug-likeness (QED) is 0.343. The van der Waals surface area contributed by atoms with Crippen LogP contribution in [0.4, 0.5) is 10.1 Å². The van der Waals surface area contributed by atoms with Gasteiger partial charge in [0.2, 0.25) is 15.9 Å². The number of hydrogen-bond acceptors (Lipinski definition) is 5. The molecule has 1 unspecified atom stereocenters. The molecule has 0 spiro atoms. The molecule has 0 radical (unpaired) electrons. The molecule has 7 nitrogen and oxygen atoms in total. The number of sulfonamides is 1. The predicted octanol–water partition coefficient (Wildman–Crippen LogP) is 3.24. The molecule has 0 heterocycles. The minimum atomic E-state index is -3.78. The molecule has 3 rings (SSSR count). The number of nitrogens with two attached hydrogens (primary N) is 1. The Kier molecular flexibility index (Phi) is 8.89. The van der Waals surface area contributed by atoms with Gasteiger partial charge in [0, 0.05) is 29.6 Å². The van der Waals surface area contributed by atoms with Crippen molar-refractivity contribution in [1.29, 1.82) is 0 Å². The molecular weight excluding hydrogens is 469 g/mol. The van der Waals surface area contributed by atoms with Gasteiger partial charge in [0.05, 0.1) is 17.0 Å². The zero-order valence-corrected chi connectivity index (χ0v) is 20.7. The van der Waals surface area contributed by atoms with Crippen molar-refractivity contribution in [3.8, 4) is 11.8 Å². The van der Waals surface area contributed by atoms with Crippen molar-refractivity contribution >= 4 is 21.6 Å². The SMILES string of the molecule is CC(O)CC#Cc1ccc(S(=O)(=O)NC2CCC(C(=O)N[C@H](C)c3ccc(F)cc3)CC2)cc1N. The van der Waals surface area contributed by atoms with Crippen LogP contribution in [0.15, 0.2) is 47.4 Å². The van der Waals surface area contributed by atoms with Gasteiger partial charge in [-0.05, 0) is 75.4 Å². The van der Waals surface area contributed by atoms with Gasteiger partial charge in [-0.1, -0.05) is 24.0 Å². The molecule has 2 atom stereocenters. The molecule has 9 heteroatoms. The van der Waals surface area contributed by atoms with Gasteiger partial charge in [0.15, 0.2) is 0 Å². The smallest absolute Gasteiger partial charge is 0.240 e. The topological polar surface area (TPSA) is 122 Å². The van der Waals surface area contributed by atoms with E-state index in [1.807, 2.05) is 6.92 Å². The summed E-state index contributed by atoms with van der Waals surface area (Å²) in [6.07, 6.45) is 1.96. The Labute approximate surface area is 206 Å². The first-order valence-corrected chi connectivity index (χ1v) is 13.2. The summed E-state index contributed by atoms with van der Waals surface area (Å²) >= 11 is 0. The molecular formula is C26H32FN3O4S. The van der Waals surface area contributed by atoms with Crippen molar-refractivity contribution < 1.29 is 22.7 Å². The lowest BCUT2D eigenvalue weighted by Crippen LogP contribution is -2.41. The van der Waals surface area contributed by atoms with Crippen LogP contribution in [-0.2, 0) is 14.8 Å². The fourth-order valence-corrected chi connectivity index (χ4v) is 5.38. The van der Waals surface area contributed by atoms with Gasteiger partial charge in [0.25, 0.3) is 0 Å². The van der Waals surface area contributed by atoms with Crippen LogP contribution < -0.4 is 15.8 Å². The van der Waals surface area contributed by atoms with E-state index >= 15 is 0 Å². The van der Waals surface area contributed by atoms with E-state index in [2.05, 4.69) is 21.9 Å². The lowest BCUT2D eigenvalue weighted by Gasteiger charge is -2.29. The summed E-state index contributed by atoms with van der Waals surface area (Å²) in [5.41, 5.74) is 7.57. The molecule has 1 amide bonds. The lowest BCUT2D eigenvalue weighted by atomic mass is 9.85. The number of hydrogen-bond donors (Lipinski definition) is 4. The second kappa shape index (κ2) is 11.7. The normalized spacial score (nSPS) is 19.8. The van der Waals surface area contributed by atoms with Gasteiger partial charge in [-0.3, -0.25) is 4.79 Å². The van der Waals surface area contributed by atoms with Crippen LogP contribution in [0.2, 0.25) is 0 Å². The van der Waals surface area contributed by atoms with E-state index in [1.165, 1.54) is 24.3 Å². The van der Waals surface area contributed by atoms with Gasteiger partial charge >= 0.3 is 0 Å². The van der Waals surface area contributed by atoms with Crippen molar-refractivity contribution in [3.63, 3.8) is 0 Å². The van der Waals surface area contributed by atoms with Crippen molar-refractivity contribution in [3.05, 3.63) is 59.4 Å². The summed E-state index contributed by atoms with van der Waals surface area (Å²) in [7, 11) is -3.78. The fraction of sp³-hybridized carbons (Fsp3) is 0.423. The standard InChI is InChI=1S/C26H32FN3O4S/c1-17(31)4-3-5-20-10-15-24(16-25(20)28)35(33,34)30-23-13-8-21(9-14-23)26(32)29-18(2)19-6-11-22(27)12-7-19/h6-7,10-12,15-18,21,23,30-31H,4,8-9,13-14,28H2,1-2H3,(H,29,32)/t17?,18-,21?,23?/m1/s1. The molecule has 0 bridgehead atoms. The van der Waals surface area contributed by atoms with Crippen LogP contribution >= 0.6 is 0 Å². The Balaban J connectivity index is 1.54. The Hall–Kier alpha value is -2.93. The Bertz CT molecular complexity index is 1200. The molecule has 1 aliphatic rings. The molecule has 35 heavy (non-hydrogen) atoms. The number of rotatable bonds is 7. The average Bonchev–Trinajstić information content (AvgIpc) is 2.80. The second-order valence-electron chi connectivity index (χ2n) is 9.06. The summed E-state index contributed by atoms with van der Waals surface area (Å²) in [6.45, 7) is 3.48. The van der Waals surface area contributed by atoms with E-state index in [0.29, 0.717) is 37.7 Å². The van der Waals surface area contributed by atoms with Crippen molar-refractivity contribution in [2.24, 2.45) is 5.92 Å². The molecule has 1 saturated carbocycles. The fourth-order valence-electron chi connectivity index (χ4n) is 4.04. The van der Waals surface area contributed by atoms with Gasteiger partial charge in [-0.15, -0.1) is 0 Å². The highest BCUT2D eigenvalue weighted by molar-refractivity contribution is 7.89. The first kappa shape index (κ1) is 26.7. The van der Waals surface area contributed by atoms with E-state index in [4.69, 9.17) is 5.73 Å². The number of anilines is 1. The van der Waals surface area contributed by atoms with E-state index in [-0.39, 0.29) is 40.3 Å². The number of nitrogen functional groups attached to an aromatic ring is 1.